The third kappa shape index (κ3) is 7.50. The number of halogens is 1. The Labute approximate surface area is 137 Å². The number of hydrogen-bond donors (Lipinski definition) is 0. The van der Waals surface area contributed by atoms with E-state index in [1.165, 1.54) is 0 Å². The zero-order valence-corrected chi connectivity index (χ0v) is 15.8. The molecule has 4 nitrogen and oxygen atoms in total. The van der Waals surface area contributed by atoms with Gasteiger partial charge in [0.15, 0.2) is 0 Å². The van der Waals surface area contributed by atoms with Crippen molar-refractivity contribution in [2.24, 2.45) is 5.41 Å². The van der Waals surface area contributed by atoms with E-state index in [0.29, 0.717) is 18.5 Å². The SMILES string of the molecule is CC(C)(C)CCCOC1CN(C(=O)OC(C)(C)C)CC1Br. The summed E-state index contributed by atoms with van der Waals surface area (Å²) in [7, 11) is 0. The van der Waals surface area contributed by atoms with E-state index in [9.17, 15) is 4.79 Å². The molecule has 124 valence electrons. The van der Waals surface area contributed by atoms with Gasteiger partial charge in [0, 0.05) is 13.2 Å². The highest BCUT2D eigenvalue weighted by atomic mass is 79.9. The van der Waals surface area contributed by atoms with Crippen LogP contribution in [0.2, 0.25) is 0 Å². The number of ether oxygens (including phenoxy) is 2. The van der Waals surface area contributed by atoms with Crippen molar-refractivity contribution in [2.75, 3.05) is 19.7 Å². The molecule has 0 aromatic carbocycles. The first kappa shape index (κ1) is 18.8. The van der Waals surface area contributed by atoms with Crippen molar-refractivity contribution in [3.05, 3.63) is 0 Å². The topological polar surface area (TPSA) is 38.8 Å². The molecule has 21 heavy (non-hydrogen) atoms. The van der Waals surface area contributed by atoms with Gasteiger partial charge in [-0.05, 0) is 39.0 Å². The Hall–Kier alpha value is -0.290. The van der Waals surface area contributed by atoms with Crippen molar-refractivity contribution >= 4 is 22.0 Å². The monoisotopic (exact) mass is 363 g/mol. The van der Waals surface area contributed by atoms with Gasteiger partial charge in [0.25, 0.3) is 0 Å². The minimum absolute atomic E-state index is 0.0532. The van der Waals surface area contributed by atoms with E-state index in [2.05, 4.69) is 36.7 Å². The van der Waals surface area contributed by atoms with Gasteiger partial charge in [0.05, 0.1) is 17.5 Å². The second-order valence-electron chi connectivity index (χ2n) is 7.97. The summed E-state index contributed by atoms with van der Waals surface area (Å²) in [5, 5.41) is 0. The minimum atomic E-state index is -0.454. The molecule has 2 atom stereocenters. The van der Waals surface area contributed by atoms with Gasteiger partial charge >= 0.3 is 6.09 Å². The van der Waals surface area contributed by atoms with Crippen LogP contribution in [0.3, 0.4) is 0 Å². The molecule has 0 aromatic rings. The van der Waals surface area contributed by atoms with Crippen molar-refractivity contribution in [3.63, 3.8) is 0 Å². The van der Waals surface area contributed by atoms with Crippen LogP contribution in [0.15, 0.2) is 0 Å². The van der Waals surface area contributed by atoms with Gasteiger partial charge in [-0.15, -0.1) is 0 Å². The van der Waals surface area contributed by atoms with Crippen molar-refractivity contribution in [1.29, 1.82) is 0 Å². The maximum absolute atomic E-state index is 12.0. The van der Waals surface area contributed by atoms with Gasteiger partial charge in [-0.2, -0.15) is 0 Å². The first-order valence-electron chi connectivity index (χ1n) is 7.71. The number of carbonyl (C=O) groups is 1. The maximum atomic E-state index is 12.0. The lowest BCUT2D eigenvalue weighted by atomic mass is 9.91. The summed E-state index contributed by atoms with van der Waals surface area (Å²) >= 11 is 3.61. The highest BCUT2D eigenvalue weighted by Gasteiger charge is 2.36. The van der Waals surface area contributed by atoms with E-state index in [1.807, 2.05) is 20.8 Å². The molecule has 1 fully saturated rings. The number of carbonyl (C=O) groups excluding carboxylic acids is 1. The first-order valence-corrected chi connectivity index (χ1v) is 8.63. The zero-order valence-electron chi connectivity index (χ0n) is 14.2. The summed E-state index contributed by atoms with van der Waals surface area (Å²) in [6.45, 7) is 14.3. The molecule has 0 spiro atoms. The number of amides is 1. The van der Waals surface area contributed by atoms with Crippen LogP contribution in [0, 0.1) is 5.41 Å². The second kappa shape index (κ2) is 7.32. The predicted molar refractivity (Wildman–Crippen MR) is 89.0 cm³/mol. The zero-order chi connectivity index (χ0) is 16.3. The Morgan fingerprint density at radius 3 is 2.33 bits per heavy atom. The molecule has 1 saturated heterocycles. The van der Waals surface area contributed by atoms with Crippen LogP contribution in [0.5, 0.6) is 0 Å². The van der Waals surface area contributed by atoms with Crippen LogP contribution in [-0.2, 0) is 9.47 Å². The van der Waals surface area contributed by atoms with E-state index in [1.54, 1.807) is 4.90 Å². The number of hydrogen-bond acceptors (Lipinski definition) is 3. The fraction of sp³-hybridized carbons (Fsp3) is 0.938. The Kier molecular flexibility index (Phi) is 6.54. The van der Waals surface area contributed by atoms with E-state index >= 15 is 0 Å². The fourth-order valence-electron chi connectivity index (χ4n) is 2.20. The number of alkyl halides is 1. The van der Waals surface area contributed by atoms with Gasteiger partial charge in [0.2, 0.25) is 0 Å². The Bertz CT molecular complexity index is 346. The van der Waals surface area contributed by atoms with Crippen LogP contribution in [0.4, 0.5) is 4.79 Å². The average molecular weight is 364 g/mol. The molecular weight excluding hydrogens is 334 g/mol. The van der Waals surface area contributed by atoms with Crippen molar-refractivity contribution < 1.29 is 14.3 Å². The molecule has 0 bridgehead atoms. The molecule has 2 unspecified atom stereocenters. The van der Waals surface area contributed by atoms with E-state index in [-0.39, 0.29) is 17.0 Å². The lowest BCUT2D eigenvalue weighted by molar-refractivity contribution is 0.0204. The molecule has 1 heterocycles. The lowest BCUT2D eigenvalue weighted by Gasteiger charge is -2.24. The summed E-state index contributed by atoms with van der Waals surface area (Å²) in [5.74, 6) is 0. The van der Waals surface area contributed by atoms with Gasteiger partial charge < -0.3 is 14.4 Å². The third-order valence-corrected chi connectivity index (χ3v) is 4.13. The quantitative estimate of drug-likeness (QED) is 0.554. The van der Waals surface area contributed by atoms with Gasteiger partial charge in [0.1, 0.15) is 5.60 Å². The van der Waals surface area contributed by atoms with Crippen molar-refractivity contribution in [3.8, 4) is 0 Å². The van der Waals surface area contributed by atoms with E-state index in [0.717, 1.165) is 19.4 Å². The van der Waals surface area contributed by atoms with Crippen LogP contribution >= 0.6 is 15.9 Å². The number of rotatable bonds is 4. The van der Waals surface area contributed by atoms with Crippen molar-refractivity contribution in [2.45, 2.75) is 70.9 Å². The molecule has 0 aromatic heterocycles. The summed E-state index contributed by atoms with van der Waals surface area (Å²) in [6.07, 6.45) is 1.99. The van der Waals surface area contributed by atoms with Crippen LogP contribution in [-0.4, -0.2) is 47.2 Å². The molecule has 1 amide bonds. The summed E-state index contributed by atoms with van der Waals surface area (Å²) in [4.78, 5) is 13.9. The summed E-state index contributed by atoms with van der Waals surface area (Å²) in [5.41, 5.74) is -0.111. The molecule has 0 N–H and O–H groups in total. The molecule has 0 radical (unpaired) electrons. The molecule has 5 heteroatoms. The number of likely N-dealkylation sites (tertiary alicyclic amines) is 1. The Morgan fingerprint density at radius 2 is 1.81 bits per heavy atom. The fourth-order valence-corrected chi connectivity index (χ4v) is 2.87. The molecule has 1 aliphatic heterocycles. The van der Waals surface area contributed by atoms with Gasteiger partial charge in [-0.1, -0.05) is 36.7 Å². The molecular formula is C16H30BrNO3. The molecule has 1 rings (SSSR count). The van der Waals surface area contributed by atoms with Crippen LogP contribution < -0.4 is 0 Å². The Balaban J connectivity index is 2.34. The molecule has 0 saturated carbocycles. The number of nitrogens with zero attached hydrogens (tertiary/aromatic N) is 1. The Morgan fingerprint density at radius 1 is 1.19 bits per heavy atom. The average Bonchev–Trinajstić information content (AvgIpc) is 2.63. The van der Waals surface area contributed by atoms with Gasteiger partial charge in [-0.25, -0.2) is 4.79 Å². The smallest absolute Gasteiger partial charge is 0.410 e. The second-order valence-corrected chi connectivity index (χ2v) is 9.15. The van der Waals surface area contributed by atoms with Crippen LogP contribution in [0.1, 0.15) is 54.4 Å². The normalized spacial score (nSPS) is 23.5. The van der Waals surface area contributed by atoms with E-state index < -0.39 is 5.60 Å². The standard InChI is InChI=1S/C16H30BrNO3/c1-15(2,3)8-7-9-20-13-11-18(10-12(13)17)14(19)21-16(4,5)6/h12-13H,7-11H2,1-6H3. The highest BCUT2D eigenvalue weighted by Crippen LogP contribution is 2.24. The highest BCUT2D eigenvalue weighted by molar-refractivity contribution is 9.09. The summed E-state index contributed by atoms with van der Waals surface area (Å²) < 4.78 is 11.3. The predicted octanol–water partition coefficient (Wildman–Crippen LogP) is 4.21. The van der Waals surface area contributed by atoms with Gasteiger partial charge in [-0.3, -0.25) is 0 Å². The summed E-state index contributed by atoms with van der Waals surface area (Å²) in [6, 6.07) is 0. The van der Waals surface area contributed by atoms with Crippen molar-refractivity contribution in [1.82, 2.24) is 4.90 Å². The first-order chi connectivity index (χ1) is 9.48. The van der Waals surface area contributed by atoms with Crippen LogP contribution in [0.25, 0.3) is 0 Å². The minimum Gasteiger partial charge on any atom is -0.444 e. The molecule has 0 aliphatic carbocycles. The largest absolute Gasteiger partial charge is 0.444 e. The molecule has 1 aliphatic rings. The third-order valence-electron chi connectivity index (χ3n) is 3.25. The lowest BCUT2D eigenvalue weighted by Crippen LogP contribution is -2.36. The van der Waals surface area contributed by atoms with E-state index in [4.69, 9.17) is 9.47 Å². The maximum Gasteiger partial charge on any atom is 0.410 e.